The third-order valence-corrected chi connectivity index (χ3v) is 2.69. The quantitative estimate of drug-likeness (QED) is 0.702. The molecule has 7 heteroatoms. The normalized spacial score (nSPS) is 13.7. The number of aliphatic carboxylic acids is 1. The molecule has 0 saturated heterocycles. The molecule has 100 valence electrons. The number of rotatable bonds is 6. The molecule has 0 aromatic carbocycles. The molecule has 1 aromatic rings. The summed E-state index contributed by atoms with van der Waals surface area (Å²) in [5.74, 6) is -1.18. The highest BCUT2D eigenvalue weighted by Gasteiger charge is 2.25. The molecular weight excluding hydrogens is 238 g/mol. The van der Waals surface area contributed by atoms with Crippen LogP contribution in [0.2, 0.25) is 0 Å². The van der Waals surface area contributed by atoms with Gasteiger partial charge >= 0.3 is 12.0 Å². The van der Waals surface area contributed by atoms with E-state index in [9.17, 15) is 9.59 Å². The van der Waals surface area contributed by atoms with Gasteiger partial charge in [0.25, 0.3) is 0 Å². The molecule has 0 aliphatic carbocycles. The predicted molar refractivity (Wildman–Crippen MR) is 62.8 cm³/mol. The first-order valence-corrected chi connectivity index (χ1v) is 5.71. The van der Waals surface area contributed by atoms with Gasteiger partial charge in [-0.1, -0.05) is 25.4 Å². The van der Waals surface area contributed by atoms with Gasteiger partial charge in [0.15, 0.2) is 0 Å². The largest absolute Gasteiger partial charge is 0.480 e. The minimum atomic E-state index is -1.04. The lowest BCUT2D eigenvalue weighted by atomic mass is 9.99. The molecule has 3 N–H and O–H groups in total. The average molecular weight is 255 g/mol. The number of hydrogen-bond donors (Lipinski definition) is 3. The zero-order chi connectivity index (χ0) is 13.5. The Balaban J connectivity index is 2.44. The molecular formula is C11H17N3O4. The van der Waals surface area contributed by atoms with Crippen molar-refractivity contribution in [3.8, 4) is 0 Å². The topological polar surface area (TPSA) is 104 Å². The summed E-state index contributed by atoms with van der Waals surface area (Å²) in [6.45, 7) is 3.83. The third kappa shape index (κ3) is 4.08. The van der Waals surface area contributed by atoms with Gasteiger partial charge in [0.2, 0.25) is 0 Å². The third-order valence-electron chi connectivity index (χ3n) is 2.69. The molecule has 0 aliphatic heterocycles. The van der Waals surface area contributed by atoms with Gasteiger partial charge in [0.05, 0.1) is 6.54 Å². The molecule has 1 rings (SSSR count). The van der Waals surface area contributed by atoms with E-state index in [1.807, 2.05) is 6.92 Å². The summed E-state index contributed by atoms with van der Waals surface area (Å²) in [4.78, 5) is 22.5. The first-order chi connectivity index (χ1) is 8.54. The van der Waals surface area contributed by atoms with Gasteiger partial charge in [-0.3, -0.25) is 0 Å². The molecule has 0 aliphatic rings. The molecule has 0 fully saturated rings. The summed E-state index contributed by atoms with van der Waals surface area (Å²) in [5.41, 5.74) is 0.570. The Morgan fingerprint density at radius 2 is 2.28 bits per heavy atom. The summed E-state index contributed by atoms with van der Waals surface area (Å²) < 4.78 is 4.61. The lowest BCUT2D eigenvalue weighted by Crippen LogP contribution is -2.48. The van der Waals surface area contributed by atoms with Crippen LogP contribution in [-0.2, 0) is 11.3 Å². The molecule has 0 bridgehead atoms. The fourth-order valence-corrected chi connectivity index (χ4v) is 1.37. The van der Waals surface area contributed by atoms with E-state index in [2.05, 4.69) is 20.3 Å². The number of carboxylic acid groups (broad SMARTS) is 1. The smallest absolute Gasteiger partial charge is 0.326 e. The highest BCUT2D eigenvalue weighted by molar-refractivity contribution is 5.82. The molecule has 2 atom stereocenters. The number of nitrogens with one attached hydrogen (secondary N) is 2. The summed E-state index contributed by atoms with van der Waals surface area (Å²) in [7, 11) is 0. The van der Waals surface area contributed by atoms with Gasteiger partial charge in [-0.05, 0) is 5.92 Å². The Kier molecular flexibility index (Phi) is 5.16. The second-order valence-corrected chi connectivity index (χ2v) is 4.02. The van der Waals surface area contributed by atoms with E-state index in [1.54, 1.807) is 13.0 Å². The Morgan fingerprint density at radius 1 is 1.56 bits per heavy atom. The van der Waals surface area contributed by atoms with Crippen molar-refractivity contribution in [3.63, 3.8) is 0 Å². The van der Waals surface area contributed by atoms with Crippen LogP contribution in [0.5, 0.6) is 0 Å². The fraction of sp³-hybridized carbons (Fsp3) is 0.545. The Morgan fingerprint density at radius 3 is 2.78 bits per heavy atom. The van der Waals surface area contributed by atoms with Crippen molar-refractivity contribution in [1.29, 1.82) is 0 Å². The molecule has 7 nitrogen and oxygen atoms in total. The van der Waals surface area contributed by atoms with E-state index in [0.717, 1.165) is 0 Å². The Labute approximate surface area is 105 Å². The van der Waals surface area contributed by atoms with Crippen LogP contribution in [0, 0.1) is 5.92 Å². The molecule has 1 aromatic heterocycles. The molecule has 0 unspecified atom stereocenters. The first kappa shape index (κ1) is 14.0. The molecule has 0 radical (unpaired) electrons. The minimum Gasteiger partial charge on any atom is -0.480 e. The number of carbonyl (C=O) groups is 2. The number of carbonyl (C=O) groups excluding carboxylic acids is 1. The molecule has 0 saturated carbocycles. The summed E-state index contributed by atoms with van der Waals surface area (Å²) in [6.07, 6.45) is 2.06. The van der Waals surface area contributed by atoms with Crippen LogP contribution in [0.4, 0.5) is 4.79 Å². The van der Waals surface area contributed by atoms with Crippen molar-refractivity contribution in [2.24, 2.45) is 5.92 Å². The highest BCUT2D eigenvalue weighted by Crippen LogP contribution is 2.07. The van der Waals surface area contributed by atoms with Crippen LogP contribution in [0.1, 0.15) is 26.0 Å². The summed E-state index contributed by atoms with van der Waals surface area (Å²) in [5, 5.41) is 17.6. The van der Waals surface area contributed by atoms with Gasteiger partial charge in [-0.2, -0.15) is 0 Å². The van der Waals surface area contributed by atoms with Crippen LogP contribution >= 0.6 is 0 Å². The van der Waals surface area contributed by atoms with E-state index < -0.39 is 18.0 Å². The van der Waals surface area contributed by atoms with Crippen LogP contribution < -0.4 is 10.6 Å². The average Bonchev–Trinajstić information content (AvgIpc) is 2.85. The van der Waals surface area contributed by atoms with E-state index in [-0.39, 0.29) is 12.5 Å². The molecule has 1 heterocycles. The molecule has 2 amide bonds. The number of nitrogens with zero attached hydrogens (tertiary/aromatic N) is 1. The SMILES string of the molecule is CC[C@H](C)[C@H](NC(=O)NCc1ccon1)C(=O)O. The van der Waals surface area contributed by atoms with Crippen LogP contribution in [0.15, 0.2) is 16.9 Å². The maximum absolute atomic E-state index is 11.5. The van der Waals surface area contributed by atoms with E-state index in [1.165, 1.54) is 6.26 Å². The zero-order valence-electron chi connectivity index (χ0n) is 10.3. The summed E-state index contributed by atoms with van der Waals surface area (Å²) >= 11 is 0. The van der Waals surface area contributed by atoms with Crippen molar-refractivity contribution < 1.29 is 19.2 Å². The van der Waals surface area contributed by atoms with E-state index >= 15 is 0 Å². The highest BCUT2D eigenvalue weighted by atomic mass is 16.5. The lowest BCUT2D eigenvalue weighted by Gasteiger charge is -2.20. The number of hydrogen-bond acceptors (Lipinski definition) is 4. The van der Waals surface area contributed by atoms with Crippen molar-refractivity contribution in [2.75, 3.05) is 0 Å². The number of urea groups is 1. The van der Waals surface area contributed by atoms with Crippen molar-refractivity contribution in [3.05, 3.63) is 18.0 Å². The van der Waals surface area contributed by atoms with Gasteiger partial charge in [0.1, 0.15) is 18.0 Å². The fourth-order valence-electron chi connectivity index (χ4n) is 1.37. The standard InChI is InChI=1S/C11H17N3O4/c1-3-7(2)9(10(15)16)13-11(17)12-6-8-4-5-18-14-8/h4-5,7,9H,3,6H2,1-2H3,(H,15,16)(H2,12,13,17)/t7-,9-/m0/s1. The Bertz CT molecular complexity index is 391. The van der Waals surface area contributed by atoms with Gasteiger partial charge in [-0.15, -0.1) is 0 Å². The van der Waals surface area contributed by atoms with Crippen molar-refractivity contribution >= 4 is 12.0 Å². The van der Waals surface area contributed by atoms with Crippen LogP contribution in [-0.4, -0.2) is 28.3 Å². The number of aromatic nitrogens is 1. The molecule has 0 spiro atoms. The second-order valence-electron chi connectivity index (χ2n) is 4.02. The maximum Gasteiger partial charge on any atom is 0.326 e. The number of amides is 2. The van der Waals surface area contributed by atoms with E-state index in [0.29, 0.717) is 12.1 Å². The predicted octanol–water partition coefficient (Wildman–Crippen LogP) is 0.973. The van der Waals surface area contributed by atoms with Crippen molar-refractivity contribution in [2.45, 2.75) is 32.9 Å². The maximum atomic E-state index is 11.5. The van der Waals surface area contributed by atoms with Crippen LogP contribution in [0.3, 0.4) is 0 Å². The second kappa shape index (κ2) is 6.63. The van der Waals surface area contributed by atoms with Gasteiger partial charge in [0, 0.05) is 6.07 Å². The zero-order valence-corrected chi connectivity index (χ0v) is 10.3. The van der Waals surface area contributed by atoms with Gasteiger partial charge < -0.3 is 20.3 Å². The Hall–Kier alpha value is -2.05. The molecule has 18 heavy (non-hydrogen) atoms. The summed E-state index contributed by atoms with van der Waals surface area (Å²) in [6, 6.07) is 0.182. The minimum absolute atomic E-state index is 0.139. The van der Waals surface area contributed by atoms with Crippen LogP contribution in [0.25, 0.3) is 0 Å². The first-order valence-electron chi connectivity index (χ1n) is 5.71. The monoisotopic (exact) mass is 255 g/mol. The van der Waals surface area contributed by atoms with Crippen molar-refractivity contribution in [1.82, 2.24) is 15.8 Å². The van der Waals surface area contributed by atoms with E-state index in [4.69, 9.17) is 5.11 Å². The number of carboxylic acids is 1. The lowest BCUT2D eigenvalue weighted by molar-refractivity contribution is -0.140. The van der Waals surface area contributed by atoms with Gasteiger partial charge in [-0.25, -0.2) is 9.59 Å².